The van der Waals surface area contributed by atoms with Gasteiger partial charge in [0.25, 0.3) is 5.91 Å². The van der Waals surface area contributed by atoms with E-state index < -0.39 is 9.84 Å². The lowest BCUT2D eigenvalue weighted by atomic mass is 10.1. The van der Waals surface area contributed by atoms with E-state index in [0.717, 1.165) is 4.47 Å². The molecule has 0 N–H and O–H groups in total. The number of methoxy groups -OCH3 is 1. The number of benzene rings is 1. The van der Waals surface area contributed by atoms with Crippen molar-refractivity contribution in [3.8, 4) is 5.75 Å². The molecule has 1 unspecified atom stereocenters. The minimum atomic E-state index is -3.02. The fourth-order valence-corrected chi connectivity index (χ4v) is 4.66. The number of halogens is 1. The molecule has 1 amide bonds. The van der Waals surface area contributed by atoms with Crippen molar-refractivity contribution in [3.05, 3.63) is 28.2 Å². The van der Waals surface area contributed by atoms with Gasteiger partial charge in [-0.2, -0.15) is 0 Å². The number of amides is 1. The van der Waals surface area contributed by atoms with Crippen molar-refractivity contribution in [1.82, 2.24) is 4.90 Å². The Labute approximate surface area is 133 Å². The monoisotopic (exact) mass is 375 g/mol. The Morgan fingerprint density at radius 2 is 2.19 bits per heavy atom. The summed E-state index contributed by atoms with van der Waals surface area (Å²) in [7, 11) is -1.51. The van der Waals surface area contributed by atoms with E-state index in [-0.39, 0.29) is 23.5 Å². The Bertz CT molecular complexity index is 644. The van der Waals surface area contributed by atoms with Crippen LogP contribution >= 0.6 is 15.9 Å². The molecule has 1 aromatic carbocycles. The standard InChI is InChI=1S/C14H18BrNO4S/c1-3-16(11-6-7-21(18,19)9-11)14(17)12-5-4-10(15)8-13(12)20-2/h4-5,8,11H,3,6-7,9H2,1-2H3. The van der Waals surface area contributed by atoms with Crippen molar-refractivity contribution in [2.45, 2.75) is 19.4 Å². The van der Waals surface area contributed by atoms with Gasteiger partial charge < -0.3 is 9.64 Å². The maximum Gasteiger partial charge on any atom is 0.257 e. The predicted molar refractivity (Wildman–Crippen MR) is 84.5 cm³/mol. The third-order valence-corrected chi connectivity index (χ3v) is 5.89. The molecular weight excluding hydrogens is 358 g/mol. The zero-order valence-electron chi connectivity index (χ0n) is 12.0. The van der Waals surface area contributed by atoms with Crippen molar-refractivity contribution in [3.63, 3.8) is 0 Å². The van der Waals surface area contributed by atoms with Gasteiger partial charge in [-0.15, -0.1) is 0 Å². The molecule has 1 aliphatic rings. The van der Waals surface area contributed by atoms with Crippen molar-refractivity contribution in [2.75, 3.05) is 25.2 Å². The van der Waals surface area contributed by atoms with Gasteiger partial charge in [-0.05, 0) is 31.5 Å². The molecule has 5 nitrogen and oxygen atoms in total. The fraction of sp³-hybridized carbons (Fsp3) is 0.500. The molecule has 1 saturated heterocycles. The van der Waals surface area contributed by atoms with Gasteiger partial charge in [-0.25, -0.2) is 8.42 Å². The van der Waals surface area contributed by atoms with Gasteiger partial charge in [0.05, 0.1) is 24.2 Å². The van der Waals surface area contributed by atoms with Gasteiger partial charge in [-0.1, -0.05) is 15.9 Å². The molecule has 1 atom stereocenters. The van der Waals surface area contributed by atoms with Crippen LogP contribution in [0.2, 0.25) is 0 Å². The van der Waals surface area contributed by atoms with E-state index >= 15 is 0 Å². The molecule has 21 heavy (non-hydrogen) atoms. The summed E-state index contributed by atoms with van der Waals surface area (Å²) in [5, 5.41) is 0. The van der Waals surface area contributed by atoms with Crippen molar-refractivity contribution < 1.29 is 17.9 Å². The van der Waals surface area contributed by atoms with Crippen LogP contribution in [0.4, 0.5) is 0 Å². The van der Waals surface area contributed by atoms with Crippen LogP contribution in [0, 0.1) is 0 Å². The molecule has 0 aliphatic carbocycles. The van der Waals surface area contributed by atoms with E-state index in [9.17, 15) is 13.2 Å². The lowest BCUT2D eigenvalue weighted by molar-refractivity contribution is 0.0705. The highest BCUT2D eigenvalue weighted by molar-refractivity contribution is 9.10. The van der Waals surface area contributed by atoms with Crippen LogP contribution in [0.15, 0.2) is 22.7 Å². The molecular formula is C14H18BrNO4S. The van der Waals surface area contributed by atoms with E-state index in [1.807, 2.05) is 6.92 Å². The van der Waals surface area contributed by atoms with Crippen molar-refractivity contribution in [1.29, 1.82) is 0 Å². The lowest BCUT2D eigenvalue weighted by Gasteiger charge is -2.27. The first-order valence-electron chi connectivity index (χ1n) is 6.73. The van der Waals surface area contributed by atoms with Gasteiger partial charge in [0, 0.05) is 17.1 Å². The second-order valence-electron chi connectivity index (χ2n) is 4.99. The molecule has 1 aliphatic heterocycles. The molecule has 2 rings (SSSR count). The van der Waals surface area contributed by atoms with E-state index in [1.54, 1.807) is 23.1 Å². The maximum atomic E-state index is 12.7. The zero-order chi connectivity index (χ0) is 15.6. The Balaban J connectivity index is 2.29. The third-order valence-electron chi connectivity index (χ3n) is 3.64. The first kappa shape index (κ1) is 16.3. The maximum absolute atomic E-state index is 12.7. The van der Waals surface area contributed by atoms with E-state index in [0.29, 0.717) is 24.3 Å². The summed E-state index contributed by atoms with van der Waals surface area (Å²) in [6.45, 7) is 2.33. The first-order chi connectivity index (χ1) is 9.88. The predicted octanol–water partition coefficient (Wildman–Crippen LogP) is 2.11. The molecule has 0 bridgehead atoms. The average molecular weight is 376 g/mol. The van der Waals surface area contributed by atoms with Crippen molar-refractivity contribution >= 4 is 31.7 Å². The van der Waals surface area contributed by atoms with Gasteiger partial charge in [0.1, 0.15) is 5.75 Å². The molecule has 1 aromatic rings. The van der Waals surface area contributed by atoms with Crippen LogP contribution in [0.5, 0.6) is 5.75 Å². The third kappa shape index (κ3) is 3.58. The van der Waals surface area contributed by atoms with Crippen LogP contribution in [0.25, 0.3) is 0 Å². The van der Waals surface area contributed by atoms with Gasteiger partial charge in [0.15, 0.2) is 9.84 Å². The highest BCUT2D eigenvalue weighted by Gasteiger charge is 2.34. The van der Waals surface area contributed by atoms with Crippen LogP contribution in [0.3, 0.4) is 0 Å². The minimum absolute atomic E-state index is 0.0470. The van der Waals surface area contributed by atoms with Crippen LogP contribution in [0.1, 0.15) is 23.7 Å². The largest absolute Gasteiger partial charge is 0.496 e. The Kier molecular flexibility index (Phi) is 4.93. The summed E-state index contributed by atoms with van der Waals surface area (Å²) in [6.07, 6.45) is 0.501. The summed E-state index contributed by atoms with van der Waals surface area (Å²) >= 11 is 3.34. The molecule has 7 heteroatoms. The van der Waals surface area contributed by atoms with Crippen LogP contribution < -0.4 is 4.74 Å². The van der Waals surface area contributed by atoms with E-state index in [2.05, 4.69) is 15.9 Å². The fourth-order valence-electron chi connectivity index (χ4n) is 2.59. The normalized spacial score (nSPS) is 20.2. The van der Waals surface area contributed by atoms with Gasteiger partial charge in [-0.3, -0.25) is 4.79 Å². The molecule has 0 spiro atoms. The molecule has 0 aromatic heterocycles. The van der Waals surface area contributed by atoms with E-state index in [4.69, 9.17) is 4.74 Å². The summed E-state index contributed by atoms with van der Waals surface area (Å²) in [5.74, 6) is 0.488. The first-order valence-corrected chi connectivity index (χ1v) is 9.34. The molecule has 116 valence electrons. The average Bonchev–Trinajstić information content (AvgIpc) is 2.79. The number of nitrogens with zero attached hydrogens (tertiary/aromatic N) is 1. The number of carbonyl (C=O) groups is 1. The number of hydrogen-bond donors (Lipinski definition) is 0. The quantitative estimate of drug-likeness (QED) is 0.808. The number of carbonyl (C=O) groups excluding carboxylic acids is 1. The van der Waals surface area contributed by atoms with E-state index in [1.165, 1.54) is 7.11 Å². The number of rotatable bonds is 4. The molecule has 0 radical (unpaired) electrons. The number of sulfone groups is 1. The number of hydrogen-bond acceptors (Lipinski definition) is 4. The summed E-state index contributed by atoms with van der Waals surface area (Å²) in [6, 6.07) is 4.94. The summed E-state index contributed by atoms with van der Waals surface area (Å²) in [4.78, 5) is 14.3. The van der Waals surface area contributed by atoms with Gasteiger partial charge in [0.2, 0.25) is 0 Å². The Morgan fingerprint density at radius 3 is 2.71 bits per heavy atom. The Hall–Kier alpha value is -1.08. The second-order valence-corrected chi connectivity index (χ2v) is 8.14. The minimum Gasteiger partial charge on any atom is -0.496 e. The highest BCUT2D eigenvalue weighted by atomic mass is 79.9. The highest BCUT2D eigenvalue weighted by Crippen LogP contribution is 2.27. The van der Waals surface area contributed by atoms with Crippen molar-refractivity contribution in [2.24, 2.45) is 0 Å². The molecule has 1 fully saturated rings. The molecule has 1 heterocycles. The van der Waals surface area contributed by atoms with Crippen LogP contribution in [-0.4, -0.2) is 50.4 Å². The SMILES string of the molecule is CCN(C(=O)c1ccc(Br)cc1OC)C1CCS(=O)(=O)C1. The topological polar surface area (TPSA) is 63.7 Å². The Morgan fingerprint density at radius 1 is 1.48 bits per heavy atom. The second kappa shape index (κ2) is 6.36. The number of ether oxygens (including phenoxy) is 1. The van der Waals surface area contributed by atoms with Gasteiger partial charge >= 0.3 is 0 Å². The molecule has 0 saturated carbocycles. The van der Waals surface area contributed by atoms with Crippen LogP contribution in [-0.2, 0) is 9.84 Å². The smallest absolute Gasteiger partial charge is 0.257 e. The summed E-state index contributed by atoms with van der Waals surface area (Å²) in [5.41, 5.74) is 0.451. The summed E-state index contributed by atoms with van der Waals surface area (Å²) < 4.78 is 29.3. The lowest BCUT2D eigenvalue weighted by Crippen LogP contribution is -2.41. The zero-order valence-corrected chi connectivity index (χ0v) is 14.4.